The van der Waals surface area contributed by atoms with E-state index < -0.39 is 5.82 Å². The molecule has 0 bridgehead atoms. The van der Waals surface area contributed by atoms with Gasteiger partial charge in [0.1, 0.15) is 29.8 Å². The van der Waals surface area contributed by atoms with Crippen molar-refractivity contribution in [2.75, 3.05) is 25.7 Å². The summed E-state index contributed by atoms with van der Waals surface area (Å²) in [6.45, 7) is 7.17. The maximum atomic E-state index is 15.6. The van der Waals surface area contributed by atoms with Gasteiger partial charge in [-0.15, -0.1) is 0 Å². The fourth-order valence-corrected chi connectivity index (χ4v) is 4.26. The Kier molecular flexibility index (Phi) is 7.57. The monoisotopic (exact) mass is 529 g/mol. The lowest BCUT2D eigenvalue weighted by Gasteiger charge is -2.24. The van der Waals surface area contributed by atoms with Gasteiger partial charge in [-0.25, -0.2) is 18.9 Å². The maximum Gasteiger partial charge on any atom is 0.322 e. The molecule has 200 valence electrons. The number of halogens is 1. The number of unbranched alkanes of at least 4 members (excludes halogenated alkanes) is 2. The molecule has 0 amide bonds. The van der Waals surface area contributed by atoms with E-state index in [2.05, 4.69) is 28.7 Å². The number of ether oxygens (including phenoxy) is 2. The van der Waals surface area contributed by atoms with E-state index in [1.807, 2.05) is 16.9 Å². The molecule has 0 atom stereocenters. The summed E-state index contributed by atoms with van der Waals surface area (Å²) in [5, 5.41) is 4.46. The average molecular weight is 530 g/mol. The van der Waals surface area contributed by atoms with E-state index in [9.17, 15) is 0 Å². The number of aromatic nitrogens is 5. The standard InChI is InChI=1S/C28H30FN8O2/c1-5-6-7-11-36-17-19(15-32-36)22-16-31-21-8-9-25(34-28(21)33-22)37(18-26-30-10-12-35(26)2)23-13-20(38-3)14-24(39-4)27(23)29/h8-10,12-17H,2,5-7,11,18H2,1,3-4H3/q+1. The van der Waals surface area contributed by atoms with Crippen molar-refractivity contribution in [3.8, 4) is 22.8 Å². The number of anilines is 2. The van der Waals surface area contributed by atoms with Gasteiger partial charge in [0.25, 0.3) is 0 Å². The Morgan fingerprint density at radius 2 is 1.97 bits per heavy atom. The molecule has 1 aliphatic rings. The number of benzene rings is 1. The van der Waals surface area contributed by atoms with Crippen molar-refractivity contribution in [1.82, 2.24) is 24.7 Å². The minimum absolute atomic E-state index is 0.0473. The van der Waals surface area contributed by atoms with Crippen LogP contribution in [-0.2, 0) is 6.54 Å². The van der Waals surface area contributed by atoms with Crippen LogP contribution in [0.1, 0.15) is 26.2 Å². The zero-order valence-corrected chi connectivity index (χ0v) is 22.2. The second-order valence-corrected chi connectivity index (χ2v) is 9.03. The van der Waals surface area contributed by atoms with Crippen LogP contribution in [0.15, 0.2) is 60.2 Å². The Labute approximate surface area is 225 Å². The molecule has 0 fully saturated rings. The van der Waals surface area contributed by atoms with Gasteiger partial charge >= 0.3 is 5.84 Å². The van der Waals surface area contributed by atoms with E-state index in [4.69, 9.17) is 19.4 Å². The van der Waals surface area contributed by atoms with E-state index in [1.54, 1.807) is 46.4 Å². The Morgan fingerprint density at radius 3 is 2.72 bits per heavy atom. The molecule has 1 aromatic carbocycles. The van der Waals surface area contributed by atoms with Crippen LogP contribution in [0, 0.1) is 5.82 Å². The summed E-state index contributed by atoms with van der Waals surface area (Å²) >= 11 is 0. The Morgan fingerprint density at radius 1 is 1.10 bits per heavy atom. The summed E-state index contributed by atoms with van der Waals surface area (Å²) in [6.07, 6.45) is 12.2. The van der Waals surface area contributed by atoms with Crippen LogP contribution in [0.25, 0.3) is 22.4 Å². The fraction of sp³-hybridized carbons (Fsp3) is 0.286. The average Bonchev–Trinajstić information content (AvgIpc) is 3.60. The molecule has 11 heteroatoms. The van der Waals surface area contributed by atoms with Crippen LogP contribution in [0.5, 0.6) is 11.5 Å². The molecule has 4 heterocycles. The number of aryl methyl sites for hydroxylation is 1. The van der Waals surface area contributed by atoms with Gasteiger partial charge in [-0.2, -0.15) is 5.10 Å². The molecule has 0 unspecified atom stereocenters. The summed E-state index contributed by atoms with van der Waals surface area (Å²) in [5.74, 6) is 0.976. The smallest absolute Gasteiger partial charge is 0.322 e. The van der Waals surface area contributed by atoms with Crippen LogP contribution in [0.4, 0.5) is 15.9 Å². The summed E-state index contributed by atoms with van der Waals surface area (Å²) in [4.78, 5) is 20.2. The molecule has 0 saturated carbocycles. The molecule has 10 nitrogen and oxygen atoms in total. The first-order chi connectivity index (χ1) is 19.0. The first kappa shape index (κ1) is 26.0. The van der Waals surface area contributed by atoms with Crippen LogP contribution in [0.2, 0.25) is 0 Å². The lowest BCUT2D eigenvalue weighted by atomic mass is 10.2. The second-order valence-electron chi connectivity index (χ2n) is 9.03. The highest BCUT2D eigenvalue weighted by molar-refractivity contribution is 5.86. The zero-order chi connectivity index (χ0) is 27.4. The lowest BCUT2D eigenvalue weighted by molar-refractivity contribution is -0.310. The van der Waals surface area contributed by atoms with Gasteiger partial charge in [-0.3, -0.25) is 9.67 Å². The Balaban J connectivity index is 1.55. The molecular formula is C28H30FN8O2+. The number of hydrogen-bond acceptors (Lipinski definition) is 8. The van der Waals surface area contributed by atoms with Gasteiger partial charge in [-0.1, -0.05) is 19.8 Å². The van der Waals surface area contributed by atoms with Crippen molar-refractivity contribution in [2.24, 2.45) is 4.99 Å². The van der Waals surface area contributed by atoms with Gasteiger partial charge in [-0.05, 0) is 23.5 Å². The summed E-state index contributed by atoms with van der Waals surface area (Å²) < 4.78 is 29.9. The first-order valence-corrected chi connectivity index (χ1v) is 12.7. The summed E-state index contributed by atoms with van der Waals surface area (Å²) in [6, 6.07) is 6.66. The van der Waals surface area contributed by atoms with Gasteiger partial charge in [0.2, 0.25) is 0 Å². The van der Waals surface area contributed by atoms with Crippen LogP contribution < -0.4 is 14.4 Å². The fourth-order valence-electron chi connectivity index (χ4n) is 4.26. The maximum absolute atomic E-state index is 15.6. The van der Waals surface area contributed by atoms with Gasteiger partial charge in [0.05, 0.1) is 44.7 Å². The number of aliphatic imine (C=N–C) groups is 1. The second kappa shape index (κ2) is 11.4. The van der Waals surface area contributed by atoms with Crippen molar-refractivity contribution in [1.29, 1.82) is 0 Å². The summed E-state index contributed by atoms with van der Waals surface area (Å²) in [7, 11) is 2.92. The van der Waals surface area contributed by atoms with E-state index >= 15 is 4.39 Å². The molecule has 0 N–H and O–H groups in total. The van der Waals surface area contributed by atoms with Crippen LogP contribution >= 0.6 is 0 Å². The van der Waals surface area contributed by atoms with Crippen molar-refractivity contribution in [2.45, 2.75) is 32.7 Å². The van der Waals surface area contributed by atoms with E-state index in [-0.39, 0.29) is 18.0 Å². The molecule has 1 aliphatic heterocycles. The molecule has 4 aromatic rings. The third kappa shape index (κ3) is 5.47. The highest BCUT2D eigenvalue weighted by Crippen LogP contribution is 2.36. The van der Waals surface area contributed by atoms with E-state index in [1.165, 1.54) is 20.3 Å². The minimum atomic E-state index is -0.558. The number of rotatable bonds is 11. The highest BCUT2D eigenvalue weighted by atomic mass is 19.1. The van der Waals surface area contributed by atoms with Gasteiger partial charge in [0.15, 0.2) is 23.4 Å². The van der Waals surface area contributed by atoms with Crippen LogP contribution in [-0.4, -0.2) is 62.6 Å². The molecule has 0 spiro atoms. The SMILES string of the molecule is C=[N+]1C=CN=C1CN(c1ccc2ncc(-c3cnn(CCCCC)c3)nc2n1)c1cc(OC)cc(OC)c1F. The largest absolute Gasteiger partial charge is 0.497 e. The van der Waals surface area contributed by atoms with E-state index in [0.717, 1.165) is 31.4 Å². The molecule has 0 aliphatic carbocycles. The Bertz CT molecular complexity index is 1580. The predicted octanol–water partition coefficient (Wildman–Crippen LogP) is 4.97. The molecule has 0 saturated heterocycles. The molecule has 5 rings (SSSR count). The number of methoxy groups -OCH3 is 2. The molecule has 0 radical (unpaired) electrons. The topological polar surface area (TPSA) is 93.6 Å². The normalized spacial score (nSPS) is 12.7. The number of amidine groups is 1. The Hall–Kier alpha value is -4.67. The van der Waals surface area contributed by atoms with Crippen molar-refractivity contribution in [3.63, 3.8) is 0 Å². The van der Waals surface area contributed by atoms with Crippen LogP contribution in [0.3, 0.4) is 0 Å². The first-order valence-electron chi connectivity index (χ1n) is 12.7. The number of nitrogens with zero attached hydrogens (tertiary/aromatic N) is 8. The molecular weight excluding hydrogens is 499 g/mol. The predicted molar refractivity (Wildman–Crippen MR) is 149 cm³/mol. The third-order valence-electron chi connectivity index (χ3n) is 6.43. The lowest BCUT2D eigenvalue weighted by Crippen LogP contribution is -2.30. The zero-order valence-electron chi connectivity index (χ0n) is 22.2. The van der Waals surface area contributed by atoms with Crippen molar-refractivity contribution >= 4 is 35.2 Å². The van der Waals surface area contributed by atoms with Gasteiger partial charge < -0.3 is 14.4 Å². The number of pyridine rings is 1. The summed E-state index contributed by atoms with van der Waals surface area (Å²) in [5.41, 5.74) is 2.75. The van der Waals surface area contributed by atoms with Crippen molar-refractivity contribution in [3.05, 3.63) is 61.1 Å². The van der Waals surface area contributed by atoms with Gasteiger partial charge in [0, 0.05) is 30.4 Å². The molecule has 39 heavy (non-hydrogen) atoms. The minimum Gasteiger partial charge on any atom is -0.497 e. The van der Waals surface area contributed by atoms with Crippen molar-refractivity contribution < 1.29 is 18.4 Å². The highest BCUT2D eigenvalue weighted by Gasteiger charge is 2.27. The number of fused-ring (bicyclic) bond motifs is 1. The number of hydrogen-bond donors (Lipinski definition) is 0. The quantitative estimate of drug-likeness (QED) is 0.200. The molecule has 3 aromatic heterocycles. The van der Waals surface area contributed by atoms with E-state index in [0.29, 0.717) is 34.3 Å². The third-order valence-corrected chi connectivity index (χ3v) is 6.43.